The molecule has 7 nitrogen and oxygen atoms in total. The zero-order valence-electron chi connectivity index (χ0n) is 14.5. The van der Waals surface area contributed by atoms with Crippen molar-refractivity contribution in [3.8, 4) is 0 Å². The maximum Gasteiger partial charge on any atom is 0.262 e. The van der Waals surface area contributed by atoms with Crippen molar-refractivity contribution in [1.82, 2.24) is 9.55 Å². The highest BCUT2D eigenvalue weighted by atomic mass is 79.9. The number of hydrogen-bond donors (Lipinski definition) is 1. The van der Waals surface area contributed by atoms with E-state index in [0.29, 0.717) is 54.4 Å². The highest BCUT2D eigenvalue weighted by molar-refractivity contribution is 9.10. The fourth-order valence-corrected chi connectivity index (χ4v) is 4.43. The molecule has 0 aliphatic heterocycles. The smallest absolute Gasteiger partial charge is 0.262 e. The largest absolute Gasteiger partial charge is 0.382 e. The third kappa shape index (κ3) is 6.34. The number of primary sulfonamides is 1. The lowest BCUT2D eigenvalue weighted by atomic mass is 10.2. The van der Waals surface area contributed by atoms with Gasteiger partial charge < -0.3 is 4.74 Å². The van der Waals surface area contributed by atoms with Crippen LogP contribution in [0.5, 0.6) is 0 Å². The minimum absolute atomic E-state index is 0.0882. The van der Waals surface area contributed by atoms with Gasteiger partial charge >= 0.3 is 0 Å². The Balaban J connectivity index is 2.26. The summed E-state index contributed by atoms with van der Waals surface area (Å²) in [6, 6.07) is 5.39. The van der Waals surface area contributed by atoms with Gasteiger partial charge in [-0.2, -0.15) is 0 Å². The Labute approximate surface area is 165 Å². The molecule has 0 aliphatic carbocycles. The summed E-state index contributed by atoms with van der Waals surface area (Å²) in [6.07, 6.45) is 1.09. The second-order valence-corrected chi connectivity index (χ2v) is 9.34. The summed E-state index contributed by atoms with van der Waals surface area (Å²) in [7, 11) is -3.48. The van der Waals surface area contributed by atoms with Gasteiger partial charge in [0, 0.05) is 30.0 Å². The van der Waals surface area contributed by atoms with E-state index < -0.39 is 10.0 Å². The highest BCUT2D eigenvalue weighted by Gasteiger charge is 2.12. The Hall–Kier alpha value is -0.940. The van der Waals surface area contributed by atoms with Crippen molar-refractivity contribution in [2.24, 2.45) is 5.14 Å². The van der Waals surface area contributed by atoms with Gasteiger partial charge in [0.25, 0.3) is 5.56 Å². The standard InChI is InChI=1S/C16H22BrN3O4S2/c1-2-24-8-3-7-20-15(21)13-11-12(17)5-6-14(13)19-16(20)25-9-4-10-26(18,22)23/h5-6,11H,2-4,7-10H2,1H3,(H2,18,22,23). The first-order chi connectivity index (χ1) is 12.3. The number of nitrogens with zero attached hydrogens (tertiary/aromatic N) is 2. The van der Waals surface area contributed by atoms with E-state index in [1.165, 1.54) is 11.8 Å². The number of ether oxygens (including phenoxy) is 1. The predicted octanol–water partition coefficient (Wildman–Crippen LogP) is 2.36. The monoisotopic (exact) mass is 463 g/mol. The van der Waals surface area contributed by atoms with Gasteiger partial charge in [0.15, 0.2) is 5.16 Å². The molecule has 26 heavy (non-hydrogen) atoms. The van der Waals surface area contributed by atoms with Gasteiger partial charge in [0.1, 0.15) is 0 Å². The lowest BCUT2D eigenvalue weighted by molar-refractivity contribution is 0.140. The van der Waals surface area contributed by atoms with Crippen molar-refractivity contribution in [2.45, 2.75) is 31.5 Å². The third-order valence-electron chi connectivity index (χ3n) is 3.56. The minimum Gasteiger partial charge on any atom is -0.382 e. The van der Waals surface area contributed by atoms with E-state index in [-0.39, 0.29) is 11.3 Å². The summed E-state index contributed by atoms with van der Waals surface area (Å²) in [6.45, 7) is 3.61. The lowest BCUT2D eigenvalue weighted by Crippen LogP contribution is -2.24. The molecule has 1 aromatic carbocycles. The fraction of sp³-hybridized carbons (Fsp3) is 0.500. The van der Waals surface area contributed by atoms with E-state index in [0.717, 1.165) is 4.47 Å². The van der Waals surface area contributed by atoms with Gasteiger partial charge in [-0.1, -0.05) is 27.7 Å². The fourth-order valence-electron chi connectivity index (χ4n) is 2.37. The Morgan fingerprint density at radius 3 is 2.81 bits per heavy atom. The van der Waals surface area contributed by atoms with E-state index in [2.05, 4.69) is 20.9 Å². The van der Waals surface area contributed by atoms with E-state index >= 15 is 0 Å². The van der Waals surface area contributed by atoms with E-state index in [4.69, 9.17) is 9.88 Å². The zero-order valence-corrected chi connectivity index (χ0v) is 17.7. The maximum atomic E-state index is 12.9. The van der Waals surface area contributed by atoms with Crippen LogP contribution in [0.3, 0.4) is 0 Å². The number of aromatic nitrogens is 2. The molecule has 1 aromatic heterocycles. The summed E-state index contributed by atoms with van der Waals surface area (Å²) in [4.78, 5) is 17.5. The third-order valence-corrected chi connectivity index (χ3v) is 5.97. The summed E-state index contributed by atoms with van der Waals surface area (Å²) >= 11 is 4.75. The molecule has 0 spiro atoms. The van der Waals surface area contributed by atoms with Crippen LogP contribution in [0.1, 0.15) is 19.8 Å². The first kappa shape index (κ1) is 21.4. The summed E-state index contributed by atoms with van der Waals surface area (Å²) in [5, 5.41) is 6.15. The van der Waals surface area contributed by atoms with Gasteiger partial charge in [-0.05, 0) is 38.0 Å². The molecule has 1 heterocycles. The van der Waals surface area contributed by atoms with Crippen LogP contribution >= 0.6 is 27.7 Å². The highest BCUT2D eigenvalue weighted by Crippen LogP contribution is 2.21. The number of halogens is 1. The van der Waals surface area contributed by atoms with Crippen LogP contribution < -0.4 is 10.7 Å². The van der Waals surface area contributed by atoms with Crippen LogP contribution in [0.15, 0.2) is 32.6 Å². The first-order valence-electron chi connectivity index (χ1n) is 8.23. The van der Waals surface area contributed by atoms with Gasteiger partial charge in [0.2, 0.25) is 10.0 Å². The molecule has 0 amide bonds. The van der Waals surface area contributed by atoms with Crippen LogP contribution in [0, 0.1) is 0 Å². The molecule has 0 saturated heterocycles. The molecule has 2 N–H and O–H groups in total. The molecule has 0 unspecified atom stereocenters. The zero-order chi connectivity index (χ0) is 19.2. The van der Waals surface area contributed by atoms with Crippen molar-refractivity contribution in [3.63, 3.8) is 0 Å². The first-order valence-corrected chi connectivity index (χ1v) is 11.7. The second-order valence-electron chi connectivity index (χ2n) is 5.63. The number of rotatable bonds is 10. The Morgan fingerprint density at radius 2 is 2.12 bits per heavy atom. The van der Waals surface area contributed by atoms with Crippen LogP contribution in [0.25, 0.3) is 10.9 Å². The van der Waals surface area contributed by atoms with Gasteiger partial charge in [-0.25, -0.2) is 18.5 Å². The van der Waals surface area contributed by atoms with Crippen molar-refractivity contribution in [2.75, 3.05) is 24.7 Å². The summed E-state index contributed by atoms with van der Waals surface area (Å²) in [5.74, 6) is 0.422. The van der Waals surface area contributed by atoms with Crippen LogP contribution in [-0.4, -0.2) is 42.7 Å². The molecule has 2 aromatic rings. The average molecular weight is 464 g/mol. The van der Waals surface area contributed by atoms with Crippen molar-refractivity contribution < 1.29 is 13.2 Å². The molecule has 0 aliphatic rings. The second kappa shape index (κ2) is 9.84. The average Bonchev–Trinajstić information content (AvgIpc) is 2.57. The minimum atomic E-state index is -3.48. The van der Waals surface area contributed by atoms with Crippen LogP contribution in [0.4, 0.5) is 0 Å². The molecular weight excluding hydrogens is 442 g/mol. The number of benzene rings is 1. The Kier molecular flexibility index (Phi) is 8.08. The maximum absolute atomic E-state index is 12.9. The number of fused-ring (bicyclic) bond motifs is 1. The Morgan fingerprint density at radius 1 is 1.35 bits per heavy atom. The molecule has 0 fully saturated rings. The molecule has 10 heteroatoms. The van der Waals surface area contributed by atoms with Gasteiger partial charge in [-0.15, -0.1) is 0 Å². The molecule has 0 bridgehead atoms. The number of thioether (sulfide) groups is 1. The summed E-state index contributed by atoms with van der Waals surface area (Å²) < 4.78 is 29.9. The normalized spacial score (nSPS) is 12.0. The van der Waals surface area contributed by atoms with Crippen LogP contribution in [0.2, 0.25) is 0 Å². The Bertz CT molecular complexity index is 916. The number of hydrogen-bond acceptors (Lipinski definition) is 6. The lowest BCUT2D eigenvalue weighted by Gasteiger charge is -2.13. The van der Waals surface area contributed by atoms with Crippen molar-refractivity contribution in [3.05, 3.63) is 33.0 Å². The summed E-state index contributed by atoms with van der Waals surface area (Å²) in [5.41, 5.74) is 0.509. The number of sulfonamides is 1. The SMILES string of the molecule is CCOCCCn1c(SCCCS(N)(=O)=O)nc2ccc(Br)cc2c1=O. The van der Waals surface area contributed by atoms with Gasteiger partial charge in [0.05, 0.1) is 16.7 Å². The topological polar surface area (TPSA) is 104 Å². The molecule has 0 atom stereocenters. The van der Waals surface area contributed by atoms with E-state index in [9.17, 15) is 13.2 Å². The van der Waals surface area contributed by atoms with E-state index in [1.807, 2.05) is 13.0 Å². The van der Waals surface area contributed by atoms with Crippen molar-refractivity contribution in [1.29, 1.82) is 0 Å². The molecule has 0 radical (unpaired) electrons. The quantitative estimate of drug-likeness (QED) is 0.329. The molecule has 144 valence electrons. The van der Waals surface area contributed by atoms with Crippen molar-refractivity contribution >= 4 is 48.6 Å². The van der Waals surface area contributed by atoms with Gasteiger partial charge in [-0.3, -0.25) is 9.36 Å². The van der Waals surface area contributed by atoms with E-state index in [1.54, 1.807) is 16.7 Å². The molecule has 0 saturated carbocycles. The van der Waals surface area contributed by atoms with Crippen LogP contribution in [-0.2, 0) is 21.3 Å². The predicted molar refractivity (Wildman–Crippen MR) is 108 cm³/mol. The number of nitrogens with two attached hydrogens (primary N) is 1. The molecule has 2 rings (SSSR count). The molecular formula is C16H22BrN3O4S2.